The number of rotatable bonds is 6. The van der Waals surface area contributed by atoms with Crippen molar-refractivity contribution in [2.45, 2.75) is 36.7 Å². The number of carbonyl (C=O) groups excluding carboxylic acids is 1. The van der Waals surface area contributed by atoms with Gasteiger partial charge in [-0.3, -0.25) is 4.79 Å². The van der Waals surface area contributed by atoms with Gasteiger partial charge in [-0.2, -0.15) is 4.31 Å². The number of amides is 1. The molecule has 1 aromatic rings. The van der Waals surface area contributed by atoms with Crippen molar-refractivity contribution in [3.63, 3.8) is 0 Å². The van der Waals surface area contributed by atoms with Crippen LogP contribution in [0, 0.1) is 0 Å². The zero-order chi connectivity index (χ0) is 19.3. The van der Waals surface area contributed by atoms with Gasteiger partial charge in [-0.05, 0) is 49.9 Å². The Kier molecular flexibility index (Phi) is 6.86. The first-order valence-corrected chi connectivity index (χ1v) is 11.0. The van der Waals surface area contributed by atoms with Crippen LogP contribution in [0.1, 0.15) is 36.0 Å². The van der Waals surface area contributed by atoms with Gasteiger partial charge in [0.2, 0.25) is 10.0 Å². The zero-order valence-electron chi connectivity index (χ0n) is 15.8. The van der Waals surface area contributed by atoms with Gasteiger partial charge in [0, 0.05) is 38.9 Å². The summed E-state index contributed by atoms with van der Waals surface area (Å²) in [6, 6.07) is 6.19. The van der Waals surface area contributed by atoms with E-state index < -0.39 is 10.0 Å². The van der Waals surface area contributed by atoms with E-state index in [1.54, 1.807) is 24.1 Å². The summed E-state index contributed by atoms with van der Waals surface area (Å²) in [6.45, 7) is 2.96. The molecule has 0 N–H and O–H groups in total. The van der Waals surface area contributed by atoms with E-state index in [-0.39, 0.29) is 16.9 Å². The summed E-state index contributed by atoms with van der Waals surface area (Å²) in [7, 11) is -1.77. The molecule has 1 unspecified atom stereocenters. The third-order valence-electron chi connectivity index (χ3n) is 5.12. The Morgan fingerprint density at radius 3 is 2.48 bits per heavy atom. The minimum atomic E-state index is -3.54. The summed E-state index contributed by atoms with van der Waals surface area (Å²) >= 11 is 0. The SMILES string of the molecule is CN(CCC1CCCCO1)C(=O)c1ccc(S(=O)(=O)N2CCOCC2)cc1. The monoisotopic (exact) mass is 396 g/mol. The van der Waals surface area contributed by atoms with Gasteiger partial charge < -0.3 is 14.4 Å². The van der Waals surface area contributed by atoms with Crippen LogP contribution in [0.5, 0.6) is 0 Å². The molecule has 0 saturated carbocycles. The maximum atomic E-state index is 12.6. The van der Waals surface area contributed by atoms with Crippen molar-refractivity contribution in [1.29, 1.82) is 0 Å². The number of hydrogen-bond donors (Lipinski definition) is 0. The normalized spacial score (nSPS) is 21.7. The van der Waals surface area contributed by atoms with Crippen molar-refractivity contribution >= 4 is 15.9 Å². The van der Waals surface area contributed by atoms with Crippen molar-refractivity contribution in [1.82, 2.24) is 9.21 Å². The standard InChI is InChI=1S/C19H28N2O5S/c1-20(10-9-17-4-2-3-13-26-17)19(22)16-5-7-18(8-6-16)27(23,24)21-11-14-25-15-12-21/h5-8,17H,2-4,9-15H2,1H3. The van der Waals surface area contributed by atoms with Crippen LogP contribution in [-0.2, 0) is 19.5 Å². The Bertz CT molecular complexity index is 723. The number of benzene rings is 1. The molecule has 2 aliphatic heterocycles. The lowest BCUT2D eigenvalue weighted by atomic mass is 10.1. The van der Waals surface area contributed by atoms with Crippen LogP contribution in [0.2, 0.25) is 0 Å². The molecule has 0 radical (unpaired) electrons. The molecule has 2 fully saturated rings. The molecular formula is C19H28N2O5S. The van der Waals surface area contributed by atoms with Crippen molar-refractivity contribution < 1.29 is 22.7 Å². The summed E-state index contributed by atoms with van der Waals surface area (Å²) in [6.07, 6.45) is 4.41. The zero-order valence-corrected chi connectivity index (χ0v) is 16.6. The van der Waals surface area contributed by atoms with Gasteiger partial charge in [-0.15, -0.1) is 0 Å². The van der Waals surface area contributed by atoms with Crippen LogP contribution in [0.15, 0.2) is 29.2 Å². The predicted molar refractivity (Wildman–Crippen MR) is 101 cm³/mol. The molecule has 0 bridgehead atoms. The van der Waals surface area contributed by atoms with E-state index in [4.69, 9.17) is 9.47 Å². The highest BCUT2D eigenvalue weighted by molar-refractivity contribution is 7.89. The fourth-order valence-corrected chi connectivity index (χ4v) is 4.81. The van der Waals surface area contributed by atoms with Crippen LogP contribution in [-0.4, -0.2) is 76.1 Å². The van der Waals surface area contributed by atoms with Gasteiger partial charge >= 0.3 is 0 Å². The third-order valence-corrected chi connectivity index (χ3v) is 7.03. The Morgan fingerprint density at radius 2 is 1.85 bits per heavy atom. The molecule has 0 aliphatic carbocycles. The second-order valence-corrected chi connectivity index (χ2v) is 8.98. The summed E-state index contributed by atoms with van der Waals surface area (Å²) in [5.41, 5.74) is 0.489. The number of carbonyl (C=O) groups is 1. The highest BCUT2D eigenvalue weighted by atomic mass is 32.2. The van der Waals surface area contributed by atoms with Crippen LogP contribution >= 0.6 is 0 Å². The average Bonchev–Trinajstić information content (AvgIpc) is 2.73. The van der Waals surface area contributed by atoms with Gasteiger partial charge in [-0.1, -0.05) is 0 Å². The van der Waals surface area contributed by atoms with Crippen LogP contribution in [0.4, 0.5) is 0 Å². The van der Waals surface area contributed by atoms with Crippen molar-refractivity contribution in [2.75, 3.05) is 46.5 Å². The molecule has 0 aromatic heterocycles. The van der Waals surface area contributed by atoms with Gasteiger partial charge in [0.25, 0.3) is 5.91 Å². The van der Waals surface area contributed by atoms with E-state index in [0.29, 0.717) is 38.4 Å². The molecule has 27 heavy (non-hydrogen) atoms. The maximum absolute atomic E-state index is 12.6. The number of morpholine rings is 1. The fraction of sp³-hybridized carbons (Fsp3) is 0.632. The largest absolute Gasteiger partial charge is 0.379 e. The summed E-state index contributed by atoms with van der Waals surface area (Å²) in [4.78, 5) is 14.5. The first-order valence-electron chi connectivity index (χ1n) is 9.53. The third kappa shape index (κ3) is 5.07. The highest BCUT2D eigenvalue weighted by Gasteiger charge is 2.26. The Morgan fingerprint density at radius 1 is 1.15 bits per heavy atom. The van der Waals surface area contributed by atoms with Crippen LogP contribution < -0.4 is 0 Å². The molecule has 2 aliphatic rings. The van der Waals surface area contributed by atoms with E-state index in [1.165, 1.54) is 22.9 Å². The van der Waals surface area contributed by atoms with Crippen molar-refractivity contribution in [3.8, 4) is 0 Å². The number of hydrogen-bond acceptors (Lipinski definition) is 5. The molecule has 2 heterocycles. The van der Waals surface area contributed by atoms with E-state index in [1.807, 2.05) is 0 Å². The molecule has 1 aromatic carbocycles. The second kappa shape index (κ2) is 9.14. The van der Waals surface area contributed by atoms with Gasteiger partial charge in [0.1, 0.15) is 0 Å². The number of sulfonamides is 1. The van der Waals surface area contributed by atoms with Crippen LogP contribution in [0.25, 0.3) is 0 Å². The Balaban J connectivity index is 1.59. The van der Waals surface area contributed by atoms with E-state index in [9.17, 15) is 13.2 Å². The molecule has 2 saturated heterocycles. The lowest BCUT2D eigenvalue weighted by Crippen LogP contribution is -2.40. The predicted octanol–water partition coefficient (Wildman–Crippen LogP) is 1.74. The smallest absolute Gasteiger partial charge is 0.253 e. The highest BCUT2D eigenvalue weighted by Crippen LogP contribution is 2.19. The Hall–Kier alpha value is -1.48. The number of nitrogens with zero attached hydrogens (tertiary/aromatic N) is 2. The lowest BCUT2D eigenvalue weighted by Gasteiger charge is -2.26. The second-order valence-electron chi connectivity index (χ2n) is 7.04. The maximum Gasteiger partial charge on any atom is 0.253 e. The quantitative estimate of drug-likeness (QED) is 0.732. The molecule has 3 rings (SSSR count). The molecule has 150 valence electrons. The molecule has 1 amide bonds. The molecular weight excluding hydrogens is 368 g/mol. The first kappa shape index (κ1) is 20.3. The van der Waals surface area contributed by atoms with Crippen molar-refractivity contribution in [2.24, 2.45) is 0 Å². The molecule has 0 spiro atoms. The average molecular weight is 397 g/mol. The summed E-state index contributed by atoms with van der Waals surface area (Å²) in [5.74, 6) is -0.110. The van der Waals surface area contributed by atoms with Crippen LogP contribution in [0.3, 0.4) is 0 Å². The minimum absolute atomic E-state index is 0.110. The molecule has 1 atom stereocenters. The topological polar surface area (TPSA) is 76.2 Å². The molecule has 7 nitrogen and oxygen atoms in total. The summed E-state index contributed by atoms with van der Waals surface area (Å²) < 4.78 is 37.6. The van der Waals surface area contributed by atoms with Crippen molar-refractivity contribution in [3.05, 3.63) is 29.8 Å². The van der Waals surface area contributed by atoms with Gasteiger partial charge in [0.15, 0.2) is 0 Å². The number of ether oxygens (including phenoxy) is 2. The fourth-order valence-electron chi connectivity index (χ4n) is 3.40. The molecule has 8 heteroatoms. The summed E-state index contributed by atoms with van der Waals surface area (Å²) in [5, 5.41) is 0. The van der Waals surface area contributed by atoms with E-state index in [2.05, 4.69) is 0 Å². The lowest BCUT2D eigenvalue weighted by molar-refractivity contribution is 0.00709. The minimum Gasteiger partial charge on any atom is -0.379 e. The first-order chi connectivity index (χ1) is 13.0. The van der Waals surface area contributed by atoms with Gasteiger partial charge in [0.05, 0.1) is 24.2 Å². The Labute approximate surface area is 161 Å². The van der Waals surface area contributed by atoms with E-state index >= 15 is 0 Å². The van der Waals surface area contributed by atoms with Gasteiger partial charge in [-0.25, -0.2) is 8.42 Å². The van der Waals surface area contributed by atoms with E-state index in [0.717, 1.165) is 25.9 Å².